The van der Waals surface area contributed by atoms with E-state index < -0.39 is 11.6 Å². The van der Waals surface area contributed by atoms with Gasteiger partial charge >= 0.3 is 0 Å². The lowest BCUT2D eigenvalue weighted by Gasteiger charge is -2.04. The molecule has 0 unspecified atom stereocenters. The topological polar surface area (TPSA) is 43.1 Å². The van der Waals surface area contributed by atoms with E-state index in [-0.39, 0.29) is 17.1 Å². The van der Waals surface area contributed by atoms with Crippen molar-refractivity contribution in [1.82, 2.24) is 19.6 Å². The van der Waals surface area contributed by atoms with Gasteiger partial charge in [-0.1, -0.05) is 17.7 Å². The number of halogens is 3. The third kappa shape index (κ3) is 2.04. The molecule has 1 aromatic carbocycles. The highest BCUT2D eigenvalue weighted by atomic mass is 35.5. The molecule has 19 heavy (non-hydrogen) atoms. The Bertz CT molecular complexity index is 736. The maximum atomic E-state index is 13.6. The van der Waals surface area contributed by atoms with Crippen LogP contribution < -0.4 is 0 Å². The first kappa shape index (κ1) is 12.0. The number of fused-ring (bicyclic) bond motifs is 1. The van der Waals surface area contributed by atoms with Gasteiger partial charge in [-0.2, -0.15) is 0 Å². The zero-order valence-corrected chi connectivity index (χ0v) is 10.3. The summed E-state index contributed by atoms with van der Waals surface area (Å²) in [6.07, 6.45) is 2.85. The van der Waals surface area contributed by atoms with Crippen LogP contribution in [0.2, 0.25) is 5.15 Å². The second-order valence-corrected chi connectivity index (χ2v) is 4.30. The van der Waals surface area contributed by atoms with Gasteiger partial charge in [-0.3, -0.25) is 9.38 Å². The van der Waals surface area contributed by atoms with Crippen LogP contribution in [0.5, 0.6) is 0 Å². The Morgan fingerprint density at radius 2 is 1.84 bits per heavy atom. The van der Waals surface area contributed by atoms with Gasteiger partial charge in [0, 0.05) is 12.0 Å². The van der Waals surface area contributed by atoms with Crippen molar-refractivity contribution in [2.75, 3.05) is 0 Å². The molecule has 3 aromatic rings. The van der Waals surface area contributed by atoms with Gasteiger partial charge in [-0.25, -0.2) is 8.78 Å². The van der Waals surface area contributed by atoms with Crippen molar-refractivity contribution < 1.29 is 8.78 Å². The predicted octanol–water partition coefficient (Wildman–Crippen LogP) is 2.65. The number of rotatable bonds is 2. The van der Waals surface area contributed by atoms with Crippen LogP contribution >= 0.6 is 11.6 Å². The van der Waals surface area contributed by atoms with Crippen LogP contribution in [0.1, 0.15) is 11.4 Å². The van der Waals surface area contributed by atoms with E-state index in [1.54, 1.807) is 0 Å². The molecule has 0 N–H and O–H groups in total. The molecule has 4 nitrogen and oxygen atoms in total. The molecule has 0 amide bonds. The van der Waals surface area contributed by atoms with Crippen molar-refractivity contribution in [2.24, 2.45) is 0 Å². The highest BCUT2D eigenvalue weighted by molar-refractivity contribution is 6.29. The van der Waals surface area contributed by atoms with Crippen LogP contribution in [0, 0.1) is 11.6 Å². The third-order valence-electron chi connectivity index (χ3n) is 2.74. The molecule has 0 fully saturated rings. The van der Waals surface area contributed by atoms with E-state index >= 15 is 0 Å². The molecule has 0 bridgehead atoms. The van der Waals surface area contributed by atoms with E-state index in [0.29, 0.717) is 11.5 Å². The molecular weight excluding hydrogens is 274 g/mol. The smallest absolute Gasteiger partial charge is 0.180 e. The summed E-state index contributed by atoms with van der Waals surface area (Å²) in [5, 5.41) is 8.03. The lowest BCUT2D eigenvalue weighted by molar-refractivity contribution is 0.558. The predicted molar refractivity (Wildman–Crippen MR) is 65.0 cm³/mol. The largest absolute Gasteiger partial charge is 0.266 e. The minimum absolute atomic E-state index is 0.0383. The van der Waals surface area contributed by atoms with E-state index in [1.165, 1.54) is 35.0 Å². The Morgan fingerprint density at radius 3 is 2.58 bits per heavy atom. The van der Waals surface area contributed by atoms with Crippen LogP contribution in [0.4, 0.5) is 8.78 Å². The molecule has 0 saturated carbocycles. The van der Waals surface area contributed by atoms with Crippen molar-refractivity contribution >= 4 is 17.2 Å². The monoisotopic (exact) mass is 280 g/mol. The van der Waals surface area contributed by atoms with Crippen LogP contribution in [0.25, 0.3) is 5.65 Å². The Kier molecular flexibility index (Phi) is 2.87. The van der Waals surface area contributed by atoms with E-state index in [0.717, 1.165) is 0 Å². The highest BCUT2D eigenvalue weighted by Crippen LogP contribution is 2.18. The van der Waals surface area contributed by atoms with Crippen molar-refractivity contribution in [2.45, 2.75) is 6.42 Å². The van der Waals surface area contributed by atoms with Gasteiger partial charge in [0.2, 0.25) is 0 Å². The zero-order valence-electron chi connectivity index (χ0n) is 9.52. The molecule has 0 spiro atoms. The molecular formula is C12H7ClF2N4. The lowest BCUT2D eigenvalue weighted by Crippen LogP contribution is -2.02. The molecule has 96 valence electrons. The van der Waals surface area contributed by atoms with E-state index in [9.17, 15) is 8.78 Å². The van der Waals surface area contributed by atoms with Crippen LogP contribution in [-0.4, -0.2) is 19.6 Å². The van der Waals surface area contributed by atoms with E-state index in [1.807, 2.05) is 0 Å². The summed E-state index contributed by atoms with van der Waals surface area (Å²) in [4.78, 5) is 3.86. The van der Waals surface area contributed by atoms with Crippen LogP contribution in [-0.2, 0) is 6.42 Å². The first-order chi connectivity index (χ1) is 9.16. The van der Waals surface area contributed by atoms with Gasteiger partial charge in [0.25, 0.3) is 0 Å². The molecule has 0 radical (unpaired) electrons. The minimum atomic E-state index is -0.623. The normalized spacial score (nSPS) is 11.1. The van der Waals surface area contributed by atoms with Crippen molar-refractivity contribution in [3.63, 3.8) is 0 Å². The number of hydrogen-bond donors (Lipinski definition) is 0. The minimum Gasteiger partial charge on any atom is -0.266 e. The highest BCUT2D eigenvalue weighted by Gasteiger charge is 2.14. The van der Waals surface area contributed by atoms with E-state index in [2.05, 4.69) is 15.2 Å². The quantitative estimate of drug-likeness (QED) is 0.725. The summed E-state index contributed by atoms with van der Waals surface area (Å²) in [6, 6.07) is 3.71. The fourth-order valence-corrected chi connectivity index (χ4v) is 2.08. The second-order valence-electron chi connectivity index (χ2n) is 3.92. The molecule has 0 saturated heterocycles. The zero-order chi connectivity index (χ0) is 13.4. The first-order valence-electron chi connectivity index (χ1n) is 5.43. The van der Waals surface area contributed by atoms with Gasteiger partial charge in [0.05, 0.1) is 12.4 Å². The fourth-order valence-electron chi connectivity index (χ4n) is 1.84. The number of hydrogen-bond acceptors (Lipinski definition) is 3. The SMILES string of the molecule is Fc1cccc(F)c1Cc1nnc2cncc(Cl)n12. The van der Waals surface area contributed by atoms with Gasteiger partial charge in [0.1, 0.15) is 22.6 Å². The molecule has 3 rings (SSSR count). The summed E-state index contributed by atoms with van der Waals surface area (Å²) in [6.45, 7) is 0. The Morgan fingerprint density at radius 1 is 1.11 bits per heavy atom. The second kappa shape index (κ2) is 4.55. The van der Waals surface area contributed by atoms with E-state index in [4.69, 9.17) is 11.6 Å². The average Bonchev–Trinajstić information content (AvgIpc) is 2.79. The first-order valence-corrected chi connectivity index (χ1v) is 5.81. The van der Waals surface area contributed by atoms with Crippen LogP contribution in [0.3, 0.4) is 0 Å². The Hall–Kier alpha value is -2.08. The fraction of sp³-hybridized carbons (Fsp3) is 0.0833. The van der Waals surface area contributed by atoms with Gasteiger partial charge in [-0.15, -0.1) is 10.2 Å². The maximum Gasteiger partial charge on any atom is 0.180 e. The molecule has 0 aliphatic heterocycles. The Labute approximate surface area is 111 Å². The molecule has 0 aliphatic carbocycles. The summed E-state index contributed by atoms with van der Waals surface area (Å²) < 4.78 is 28.7. The molecule has 2 heterocycles. The number of aromatic nitrogens is 4. The number of nitrogens with zero attached hydrogens (tertiary/aromatic N) is 4. The summed E-state index contributed by atoms with van der Waals surface area (Å²) >= 11 is 5.98. The molecule has 0 aliphatic rings. The summed E-state index contributed by atoms with van der Waals surface area (Å²) in [7, 11) is 0. The molecule has 0 atom stereocenters. The molecule has 7 heteroatoms. The van der Waals surface area contributed by atoms with Gasteiger partial charge in [0.15, 0.2) is 5.65 Å². The number of benzene rings is 1. The Balaban J connectivity index is 2.12. The van der Waals surface area contributed by atoms with Crippen molar-refractivity contribution in [1.29, 1.82) is 0 Å². The van der Waals surface area contributed by atoms with Crippen molar-refractivity contribution in [3.05, 3.63) is 58.8 Å². The standard InChI is InChI=1S/C12H7ClF2N4/c13-10-5-16-6-12-18-17-11(19(10)12)4-7-8(14)2-1-3-9(7)15/h1-3,5-6H,4H2. The van der Waals surface area contributed by atoms with Gasteiger partial charge < -0.3 is 0 Å². The molecule has 2 aromatic heterocycles. The average molecular weight is 281 g/mol. The van der Waals surface area contributed by atoms with Crippen LogP contribution in [0.15, 0.2) is 30.6 Å². The van der Waals surface area contributed by atoms with Crippen molar-refractivity contribution in [3.8, 4) is 0 Å². The lowest BCUT2D eigenvalue weighted by atomic mass is 10.1. The summed E-state index contributed by atoms with van der Waals surface area (Å²) in [5.41, 5.74) is 0.365. The summed E-state index contributed by atoms with van der Waals surface area (Å²) in [5.74, 6) is -0.893. The maximum absolute atomic E-state index is 13.6. The third-order valence-corrected chi connectivity index (χ3v) is 3.00. The van der Waals surface area contributed by atoms with Gasteiger partial charge in [-0.05, 0) is 12.1 Å².